The summed E-state index contributed by atoms with van der Waals surface area (Å²) in [5.41, 5.74) is 4.20. The van der Waals surface area contributed by atoms with Crippen LogP contribution in [-0.4, -0.2) is 64.3 Å². The van der Waals surface area contributed by atoms with E-state index in [4.69, 9.17) is 4.74 Å². The highest BCUT2D eigenvalue weighted by atomic mass is 32.2. The third-order valence-corrected chi connectivity index (χ3v) is 5.58. The quantitative estimate of drug-likeness (QED) is 0.343. The lowest BCUT2D eigenvalue weighted by atomic mass is 10.0. The first-order valence-electron chi connectivity index (χ1n) is 10.7. The van der Waals surface area contributed by atoms with Gasteiger partial charge in [-0.15, -0.1) is 0 Å². The van der Waals surface area contributed by atoms with E-state index in [2.05, 4.69) is 19.9 Å². The van der Waals surface area contributed by atoms with Gasteiger partial charge in [0.1, 0.15) is 5.56 Å². The van der Waals surface area contributed by atoms with Crippen molar-refractivity contribution >= 4 is 38.3 Å². The lowest BCUT2D eigenvalue weighted by Crippen LogP contribution is -2.17. The number of carbonyl (C=O) groups excluding carboxylic acids is 1. The predicted octanol–water partition coefficient (Wildman–Crippen LogP) is 3.81. The number of rotatable bonds is 10. The topological polar surface area (TPSA) is 101 Å². The van der Waals surface area contributed by atoms with Crippen molar-refractivity contribution in [3.63, 3.8) is 0 Å². The van der Waals surface area contributed by atoms with Gasteiger partial charge in [-0.2, -0.15) is 0 Å². The van der Waals surface area contributed by atoms with E-state index in [1.54, 1.807) is 25.3 Å². The summed E-state index contributed by atoms with van der Waals surface area (Å²) >= 11 is 0. The summed E-state index contributed by atoms with van der Waals surface area (Å²) in [5, 5.41) is 4.24. The molecule has 3 rings (SSSR count). The van der Waals surface area contributed by atoms with E-state index in [1.165, 1.54) is 0 Å². The highest BCUT2D eigenvalue weighted by Crippen LogP contribution is 2.31. The predicted molar refractivity (Wildman–Crippen MR) is 133 cm³/mol. The van der Waals surface area contributed by atoms with E-state index < -0.39 is 16.0 Å². The van der Waals surface area contributed by atoms with Gasteiger partial charge < -0.3 is 15.0 Å². The van der Waals surface area contributed by atoms with Gasteiger partial charge in [-0.1, -0.05) is 18.2 Å². The molecule has 0 fully saturated rings. The number of hydrogen-bond donors (Lipinski definition) is 2. The number of nitrogens with zero attached hydrogens (tertiary/aromatic N) is 2. The summed E-state index contributed by atoms with van der Waals surface area (Å²) < 4.78 is 30.6. The zero-order valence-electron chi connectivity index (χ0n) is 19.4. The van der Waals surface area contributed by atoms with Crippen molar-refractivity contribution < 1.29 is 17.9 Å². The van der Waals surface area contributed by atoms with Gasteiger partial charge in [0.05, 0.1) is 24.1 Å². The van der Waals surface area contributed by atoms with Crippen LogP contribution >= 0.6 is 0 Å². The molecule has 1 heterocycles. The average molecular weight is 471 g/mol. The highest BCUT2D eigenvalue weighted by molar-refractivity contribution is 7.92. The lowest BCUT2D eigenvalue weighted by molar-refractivity contribution is 0.0527. The van der Waals surface area contributed by atoms with Gasteiger partial charge >= 0.3 is 5.97 Å². The first-order chi connectivity index (χ1) is 15.7. The van der Waals surface area contributed by atoms with Crippen molar-refractivity contribution in [2.45, 2.75) is 13.3 Å². The number of esters is 1. The van der Waals surface area contributed by atoms with E-state index in [-0.39, 0.29) is 6.61 Å². The minimum Gasteiger partial charge on any atom is -0.462 e. The Hall–Kier alpha value is -3.17. The van der Waals surface area contributed by atoms with E-state index >= 15 is 0 Å². The number of sulfonamides is 1. The molecule has 9 heteroatoms. The second kappa shape index (κ2) is 10.6. The molecule has 3 aromatic rings. The summed E-state index contributed by atoms with van der Waals surface area (Å²) in [5.74, 6) is -0.413. The fourth-order valence-corrected chi connectivity index (χ4v) is 4.04. The standard InChI is InChI=1S/C24H30N4O4S/c1-5-32-24(29)21-16-26-22-12-9-18(15-20(22)23(21)25-13-6-14-28(2)3)17-7-10-19(11-8-17)27-33(4,30)31/h7-12,15-16,27H,5-6,13-14H2,1-4H3,(H,25,26). The Morgan fingerprint density at radius 2 is 1.79 bits per heavy atom. The zero-order valence-corrected chi connectivity index (χ0v) is 20.2. The summed E-state index contributed by atoms with van der Waals surface area (Å²) in [6, 6.07) is 13.0. The minimum atomic E-state index is -3.34. The van der Waals surface area contributed by atoms with Crippen LogP contribution in [0.1, 0.15) is 23.7 Å². The molecule has 2 aromatic carbocycles. The monoisotopic (exact) mass is 470 g/mol. The molecule has 0 unspecified atom stereocenters. The number of anilines is 2. The number of fused-ring (bicyclic) bond motifs is 1. The van der Waals surface area contributed by atoms with Gasteiger partial charge in [-0.05, 0) is 69.4 Å². The van der Waals surface area contributed by atoms with Gasteiger partial charge in [-0.25, -0.2) is 13.2 Å². The van der Waals surface area contributed by atoms with Crippen molar-refractivity contribution in [1.82, 2.24) is 9.88 Å². The van der Waals surface area contributed by atoms with E-state index in [9.17, 15) is 13.2 Å². The van der Waals surface area contributed by atoms with Crippen molar-refractivity contribution in [3.8, 4) is 11.1 Å². The van der Waals surface area contributed by atoms with Gasteiger partial charge in [0, 0.05) is 23.8 Å². The van der Waals surface area contributed by atoms with Crippen molar-refractivity contribution in [2.75, 3.05) is 50.1 Å². The van der Waals surface area contributed by atoms with Crippen LogP contribution in [0, 0.1) is 0 Å². The number of aromatic nitrogens is 1. The van der Waals surface area contributed by atoms with Gasteiger partial charge in [-0.3, -0.25) is 9.71 Å². The fourth-order valence-electron chi connectivity index (χ4n) is 3.48. The van der Waals surface area contributed by atoms with Crippen LogP contribution < -0.4 is 10.0 Å². The molecule has 33 heavy (non-hydrogen) atoms. The summed E-state index contributed by atoms with van der Waals surface area (Å²) in [4.78, 5) is 19.2. The zero-order chi connectivity index (χ0) is 24.0. The maximum Gasteiger partial charge on any atom is 0.341 e. The molecule has 0 atom stereocenters. The Bertz CT molecular complexity index is 1230. The van der Waals surface area contributed by atoms with Crippen LogP contribution in [0.3, 0.4) is 0 Å². The lowest BCUT2D eigenvalue weighted by Gasteiger charge is -2.16. The van der Waals surface area contributed by atoms with Gasteiger partial charge in [0.2, 0.25) is 10.0 Å². The van der Waals surface area contributed by atoms with Crippen LogP contribution in [0.15, 0.2) is 48.7 Å². The third kappa shape index (κ3) is 6.66. The first-order valence-corrected chi connectivity index (χ1v) is 12.6. The molecule has 0 spiro atoms. The molecule has 0 aliphatic heterocycles. The number of carbonyl (C=O) groups is 1. The van der Waals surface area contributed by atoms with Crippen LogP contribution in [-0.2, 0) is 14.8 Å². The number of benzene rings is 2. The Balaban J connectivity index is 2.00. The molecule has 0 saturated carbocycles. The molecule has 0 bridgehead atoms. The largest absolute Gasteiger partial charge is 0.462 e. The molecule has 0 amide bonds. The minimum absolute atomic E-state index is 0.283. The second-order valence-corrected chi connectivity index (χ2v) is 9.78. The highest BCUT2D eigenvalue weighted by Gasteiger charge is 2.17. The van der Waals surface area contributed by atoms with E-state index in [0.717, 1.165) is 41.3 Å². The molecule has 176 valence electrons. The molecule has 0 aliphatic carbocycles. The van der Waals surface area contributed by atoms with Crippen molar-refractivity contribution in [1.29, 1.82) is 0 Å². The molecule has 0 radical (unpaired) electrons. The number of hydrogen-bond acceptors (Lipinski definition) is 7. The summed E-state index contributed by atoms with van der Waals surface area (Å²) in [6.45, 7) is 3.67. The molecule has 0 saturated heterocycles. The molecule has 1 aromatic heterocycles. The Morgan fingerprint density at radius 1 is 1.09 bits per heavy atom. The van der Waals surface area contributed by atoms with Crippen LogP contribution in [0.25, 0.3) is 22.0 Å². The van der Waals surface area contributed by atoms with Gasteiger partial charge in [0.25, 0.3) is 0 Å². The van der Waals surface area contributed by atoms with E-state index in [1.807, 2.05) is 44.4 Å². The van der Waals surface area contributed by atoms with Gasteiger partial charge in [0.15, 0.2) is 0 Å². The maximum absolute atomic E-state index is 12.6. The Labute approximate surface area is 195 Å². The van der Waals surface area contributed by atoms with E-state index in [0.29, 0.717) is 23.5 Å². The third-order valence-electron chi connectivity index (χ3n) is 4.97. The normalized spacial score (nSPS) is 11.5. The molecule has 8 nitrogen and oxygen atoms in total. The fraction of sp³-hybridized carbons (Fsp3) is 0.333. The number of pyridine rings is 1. The SMILES string of the molecule is CCOC(=O)c1cnc2ccc(-c3ccc(NS(C)(=O)=O)cc3)cc2c1NCCCN(C)C. The summed E-state index contributed by atoms with van der Waals surface area (Å²) in [6.07, 6.45) is 3.58. The number of ether oxygens (including phenoxy) is 1. The first kappa shape index (κ1) is 24.5. The smallest absolute Gasteiger partial charge is 0.341 e. The summed E-state index contributed by atoms with van der Waals surface area (Å²) in [7, 11) is 0.709. The molecular weight excluding hydrogens is 440 g/mol. The van der Waals surface area contributed by atoms with Crippen LogP contribution in [0.5, 0.6) is 0 Å². The molecule has 2 N–H and O–H groups in total. The Morgan fingerprint density at radius 3 is 2.42 bits per heavy atom. The maximum atomic E-state index is 12.6. The van der Waals surface area contributed by atoms with Crippen LogP contribution in [0.2, 0.25) is 0 Å². The van der Waals surface area contributed by atoms with Crippen LogP contribution in [0.4, 0.5) is 11.4 Å². The Kier molecular flexibility index (Phi) is 7.88. The average Bonchev–Trinajstić information content (AvgIpc) is 2.75. The van der Waals surface area contributed by atoms with Crippen molar-refractivity contribution in [2.24, 2.45) is 0 Å². The molecule has 0 aliphatic rings. The number of nitrogens with one attached hydrogen (secondary N) is 2. The van der Waals surface area contributed by atoms with Crippen molar-refractivity contribution in [3.05, 3.63) is 54.2 Å². The molecular formula is C24H30N4O4S. The second-order valence-electron chi connectivity index (χ2n) is 8.03.